The number of aromatic nitrogens is 1. The number of pyridine rings is 1. The van der Waals surface area contributed by atoms with Crippen LogP contribution in [0.2, 0.25) is 0 Å². The van der Waals surface area contributed by atoms with Crippen molar-refractivity contribution in [1.82, 2.24) is 4.98 Å². The number of methoxy groups -OCH3 is 1. The van der Waals surface area contributed by atoms with Crippen molar-refractivity contribution in [1.29, 1.82) is 0 Å². The number of azide groups is 1. The zero-order valence-electron chi connectivity index (χ0n) is 11.7. The van der Waals surface area contributed by atoms with E-state index < -0.39 is 5.97 Å². The Bertz CT molecular complexity index is 779. The smallest absolute Gasteiger partial charge is 0.339 e. The van der Waals surface area contributed by atoms with Gasteiger partial charge < -0.3 is 4.74 Å². The van der Waals surface area contributed by atoms with Crippen LogP contribution in [0, 0.1) is 0 Å². The van der Waals surface area contributed by atoms with E-state index in [4.69, 9.17) is 10.3 Å². The molecule has 0 N–H and O–H groups in total. The van der Waals surface area contributed by atoms with Crippen molar-refractivity contribution >= 4 is 22.6 Å². The summed E-state index contributed by atoms with van der Waals surface area (Å²) >= 11 is 0. The molecule has 2 aromatic rings. The summed E-state index contributed by atoms with van der Waals surface area (Å²) in [6.45, 7) is 0. The molecule has 1 aliphatic rings. The predicted molar refractivity (Wildman–Crippen MR) is 78.5 cm³/mol. The third-order valence-electron chi connectivity index (χ3n) is 3.89. The maximum Gasteiger partial charge on any atom is 0.339 e. The van der Waals surface area contributed by atoms with Gasteiger partial charge in [0, 0.05) is 16.5 Å². The zero-order valence-corrected chi connectivity index (χ0v) is 11.7. The highest BCUT2D eigenvalue weighted by atomic mass is 16.5. The molecule has 0 amide bonds. The summed E-state index contributed by atoms with van der Waals surface area (Å²) in [4.78, 5) is 19.1. The van der Waals surface area contributed by atoms with E-state index in [2.05, 4.69) is 15.0 Å². The molecule has 0 saturated carbocycles. The van der Waals surface area contributed by atoms with Crippen LogP contribution in [0.15, 0.2) is 23.4 Å². The van der Waals surface area contributed by atoms with Crippen LogP contribution in [0.4, 0.5) is 5.69 Å². The van der Waals surface area contributed by atoms with Crippen molar-refractivity contribution in [2.75, 3.05) is 7.11 Å². The van der Waals surface area contributed by atoms with Crippen LogP contribution >= 0.6 is 0 Å². The number of nitrogens with zero attached hydrogens (tertiary/aromatic N) is 4. The fourth-order valence-corrected chi connectivity index (χ4v) is 2.89. The van der Waals surface area contributed by atoms with Gasteiger partial charge in [0.2, 0.25) is 0 Å². The molecule has 0 saturated heterocycles. The quantitative estimate of drug-likeness (QED) is 0.363. The SMILES string of the molecule is COC(=O)c1cnc2c3c(ccc2c1N=[N+]=[N-])CCCC3. The minimum absolute atomic E-state index is 0.193. The van der Waals surface area contributed by atoms with Crippen molar-refractivity contribution in [3.63, 3.8) is 0 Å². The average Bonchev–Trinajstić information content (AvgIpc) is 2.54. The van der Waals surface area contributed by atoms with Crippen LogP contribution in [-0.2, 0) is 17.6 Å². The van der Waals surface area contributed by atoms with Crippen molar-refractivity contribution in [3.8, 4) is 0 Å². The van der Waals surface area contributed by atoms with E-state index in [1.54, 1.807) is 0 Å². The summed E-state index contributed by atoms with van der Waals surface area (Å²) < 4.78 is 4.72. The Hall–Kier alpha value is -2.59. The molecular weight excluding hydrogens is 268 g/mol. The molecule has 6 heteroatoms. The van der Waals surface area contributed by atoms with Gasteiger partial charge in [-0.25, -0.2) is 4.79 Å². The number of rotatable bonds is 2. The summed E-state index contributed by atoms with van der Waals surface area (Å²) in [6, 6.07) is 3.92. The van der Waals surface area contributed by atoms with E-state index in [9.17, 15) is 4.79 Å². The summed E-state index contributed by atoms with van der Waals surface area (Å²) in [7, 11) is 1.29. The highest BCUT2D eigenvalue weighted by Crippen LogP contribution is 2.35. The first-order valence-corrected chi connectivity index (χ1v) is 6.83. The summed E-state index contributed by atoms with van der Waals surface area (Å²) in [5.74, 6) is -0.551. The van der Waals surface area contributed by atoms with E-state index in [1.807, 2.05) is 12.1 Å². The molecule has 0 fully saturated rings. The van der Waals surface area contributed by atoms with E-state index in [-0.39, 0.29) is 5.56 Å². The lowest BCUT2D eigenvalue weighted by Crippen LogP contribution is -2.06. The maximum atomic E-state index is 11.8. The molecule has 1 heterocycles. The number of carbonyl (C=O) groups excluding carboxylic acids is 1. The molecule has 0 unspecified atom stereocenters. The lowest BCUT2D eigenvalue weighted by molar-refractivity contribution is 0.0601. The number of fused-ring (bicyclic) bond motifs is 3. The molecule has 21 heavy (non-hydrogen) atoms. The Kier molecular flexibility index (Phi) is 3.46. The summed E-state index contributed by atoms with van der Waals surface area (Å²) in [5.41, 5.74) is 12.6. The number of carbonyl (C=O) groups is 1. The van der Waals surface area contributed by atoms with Crippen LogP contribution in [0.25, 0.3) is 21.3 Å². The Balaban J connectivity index is 2.33. The van der Waals surface area contributed by atoms with Crippen LogP contribution in [0.3, 0.4) is 0 Å². The van der Waals surface area contributed by atoms with Gasteiger partial charge in [-0.05, 0) is 42.3 Å². The number of ether oxygens (including phenoxy) is 1. The topological polar surface area (TPSA) is 88.0 Å². The van der Waals surface area contributed by atoms with Gasteiger partial charge in [-0.15, -0.1) is 0 Å². The molecule has 0 aliphatic heterocycles. The predicted octanol–water partition coefficient (Wildman–Crippen LogP) is 3.84. The first-order valence-electron chi connectivity index (χ1n) is 6.83. The van der Waals surface area contributed by atoms with Crippen LogP contribution in [-0.4, -0.2) is 18.1 Å². The molecule has 1 aromatic heterocycles. The van der Waals surface area contributed by atoms with Gasteiger partial charge >= 0.3 is 5.97 Å². The van der Waals surface area contributed by atoms with Gasteiger partial charge in [0.15, 0.2) is 0 Å². The molecule has 1 aromatic carbocycles. The number of hydrogen-bond acceptors (Lipinski definition) is 4. The van der Waals surface area contributed by atoms with Crippen LogP contribution < -0.4 is 0 Å². The van der Waals surface area contributed by atoms with Crippen molar-refractivity contribution < 1.29 is 9.53 Å². The fraction of sp³-hybridized carbons (Fsp3) is 0.333. The molecule has 1 aliphatic carbocycles. The number of aryl methyl sites for hydroxylation is 2. The van der Waals surface area contributed by atoms with Gasteiger partial charge in [-0.2, -0.15) is 0 Å². The lowest BCUT2D eigenvalue weighted by Gasteiger charge is -2.18. The second-order valence-electron chi connectivity index (χ2n) is 5.01. The summed E-state index contributed by atoms with van der Waals surface area (Å²) in [5, 5.41) is 4.40. The molecule has 0 atom stereocenters. The highest BCUT2D eigenvalue weighted by Gasteiger charge is 2.19. The minimum atomic E-state index is -0.551. The van der Waals surface area contributed by atoms with Crippen molar-refractivity contribution in [3.05, 3.63) is 45.5 Å². The number of esters is 1. The molecule has 6 nitrogen and oxygen atoms in total. The van der Waals surface area contributed by atoms with Crippen LogP contribution in [0.1, 0.15) is 34.3 Å². The zero-order chi connectivity index (χ0) is 14.8. The van der Waals surface area contributed by atoms with Crippen molar-refractivity contribution in [2.24, 2.45) is 5.11 Å². The van der Waals surface area contributed by atoms with E-state index in [0.29, 0.717) is 11.1 Å². The third-order valence-corrected chi connectivity index (χ3v) is 3.89. The van der Waals surface area contributed by atoms with Crippen LogP contribution in [0.5, 0.6) is 0 Å². The van der Waals surface area contributed by atoms with Gasteiger partial charge in [-0.3, -0.25) is 4.98 Å². The Morgan fingerprint density at radius 2 is 2.19 bits per heavy atom. The largest absolute Gasteiger partial charge is 0.465 e. The van der Waals surface area contributed by atoms with Gasteiger partial charge in [0.25, 0.3) is 0 Å². The minimum Gasteiger partial charge on any atom is -0.465 e. The maximum absolute atomic E-state index is 11.8. The normalized spacial score (nSPS) is 13.4. The van der Waals surface area contributed by atoms with Gasteiger partial charge in [0.1, 0.15) is 0 Å². The Labute approximate surface area is 121 Å². The number of benzene rings is 1. The lowest BCUT2D eigenvalue weighted by atomic mass is 9.89. The Morgan fingerprint density at radius 3 is 2.95 bits per heavy atom. The fourth-order valence-electron chi connectivity index (χ4n) is 2.89. The first-order chi connectivity index (χ1) is 10.3. The van der Waals surface area contributed by atoms with E-state index >= 15 is 0 Å². The first kappa shape index (κ1) is 13.4. The molecule has 0 bridgehead atoms. The molecule has 106 valence electrons. The second-order valence-corrected chi connectivity index (χ2v) is 5.01. The highest BCUT2D eigenvalue weighted by molar-refractivity contribution is 6.04. The summed E-state index contributed by atoms with van der Waals surface area (Å²) in [6.07, 6.45) is 5.76. The standard InChI is InChI=1S/C15H14N4O2/c1-21-15(20)12-8-17-13-10-5-3-2-4-9(10)6-7-11(13)14(12)18-19-16/h6-8H,2-5H2,1H3. The third kappa shape index (κ3) is 2.19. The van der Waals surface area contributed by atoms with Gasteiger partial charge in [0.05, 0.1) is 23.9 Å². The van der Waals surface area contributed by atoms with Crippen molar-refractivity contribution in [2.45, 2.75) is 25.7 Å². The molecule has 0 spiro atoms. The van der Waals surface area contributed by atoms with E-state index in [1.165, 1.54) is 30.9 Å². The van der Waals surface area contributed by atoms with E-state index in [0.717, 1.165) is 24.8 Å². The molecule has 3 rings (SSSR count). The Morgan fingerprint density at radius 1 is 1.38 bits per heavy atom. The molecular formula is C15H14N4O2. The average molecular weight is 282 g/mol. The number of hydrogen-bond donors (Lipinski definition) is 0. The monoisotopic (exact) mass is 282 g/mol. The van der Waals surface area contributed by atoms with Gasteiger partial charge in [-0.1, -0.05) is 17.2 Å². The second kappa shape index (κ2) is 5.42. The molecule has 0 radical (unpaired) electrons.